The highest BCUT2D eigenvalue weighted by Gasteiger charge is 2.37. The number of aromatic nitrogens is 1. The smallest absolute Gasteiger partial charge is 0.289 e. The zero-order valence-corrected chi connectivity index (χ0v) is 32.0. The summed E-state index contributed by atoms with van der Waals surface area (Å²) in [6.07, 6.45) is 2.24. The van der Waals surface area contributed by atoms with Crippen molar-refractivity contribution in [2.75, 3.05) is 45.0 Å². The van der Waals surface area contributed by atoms with Gasteiger partial charge in [-0.3, -0.25) is 24.6 Å². The van der Waals surface area contributed by atoms with E-state index in [0.717, 1.165) is 22.3 Å². The lowest BCUT2D eigenvalue weighted by molar-refractivity contribution is -0.387. The van der Waals surface area contributed by atoms with E-state index in [-0.39, 0.29) is 47.2 Å². The molecule has 14 heteroatoms. The molecule has 3 heterocycles. The lowest BCUT2D eigenvalue weighted by atomic mass is 9.90. The van der Waals surface area contributed by atoms with Gasteiger partial charge in [0.2, 0.25) is 10.0 Å². The van der Waals surface area contributed by atoms with Crippen LogP contribution < -0.4 is 11.1 Å². The van der Waals surface area contributed by atoms with Gasteiger partial charge in [-0.1, -0.05) is 78.9 Å². The summed E-state index contributed by atoms with van der Waals surface area (Å²) in [5.74, 6) is -0.330. The number of pyridine rings is 1. The summed E-state index contributed by atoms with van der Waals surface area (Å²) >= 11 is 0. The predicted molar refractivity (Wildman–Crippen MR) is 214 cm³/mol. The summed E-state index contributed by atoms with van der Waals surface area (Å²) < 4.78 is 28.0. The summed E-state index contributed by atoms with van der Waals surface area (Å²) in [6.45, 7) is 6.30. The van der Waals surface area contributed by atoms with Crippen molar-refractivity contribution in [2.45, 2.75) is 36.7 Å². The standard InChI is InChI=1S/C42H43N7O6S/c1-42(2,47-22-24-48(25-23-47)56(54,55)38-11-7-6-10-37(38)49(52)53)34-18-16-31(17-19-34)33-26-36(39(43)44-27-33)40(50)45-35-20-21-46(28-35)41(51)32-14-12-30(13-15-32)29-8-4-3-5-9-29/h3-19,26-27,35H,20-25,28H2,1-2H3,(H2,43,44)(H,45,50). The topological polar surface area (TPSA) is 172 Å². The monoisotopic (exact) mass is 773 g/mol. The fourth-order valence-electron chi connectivity index (χ4n) is 7.47. The maximum atomic E-state index is 13.5. The van der Waals surface area contributed by atoms with Gasteiger partial charge < -0.3 is 16.0 Å². The molecule has 0 spiro atoms. The Balaban J connectivity index is 0.964. The molecule has 288 valence electrons. The minimum atomic E-state index is -4.05. The molecule has 2 fully saturated rings. The number of rotatable bonds is 10. The Kier molecular flexibility index (Phi) is 10.7. The molecule has 5 aromatic rings. The van der Waals surface area contributed by atoms with E-state index in [2.05, 4.69) is 29.0 Å². The number of hydrogen-bond acceptors (Lipinski definition) is 9. The second kappa shape index (κ2) is 15.6. The summed E-state index contributed by atoms with van der Waals surface area (Å²) in [6, 6.07) is 32.3. The van der Waals surface area contributed by atoms with E-state index < -0.39 is 26.2 Å². The van der Waals surface area contributed by atoms with Gasteiger partial charge in [0.15, 0.2) is 4.90 Å². The third kappa shape index (κ3) is 7.76. The van der Waals surface area contributed by atoms with Gasteiger partial charge in [-0.15, -0.1) is 0 Å². The van der Waals surface area contributed by atoms with E-state index in [4.69, 9.17) is 5.73 Å². The third-order valence-electron chi connectivity index (χ3n) is 10.8. The molecule has 1 unspecified atom stereocenters. The van der Waals surface area contributed by atoms with E-state index in [0.29, 0.717) is 43.7 Å². The van der Waals surface area contributed by atoms with Crippen LogP contribution in [0.3, 0.4) is 0 Å². The number of hydrogen-bond donors (Lipinski definition) is 2. The van der Waals surface area contributed by atoms with Crippen LogP contribution in [0.2, 0.25) is 0 Å². The van der Waals surface area contributed by atoms with Crippen molar-refractivity contribution in [1.82, 2.24) is 24.4 Å². The number of likely N-dealkylation sites (tertiary alicyclic amines) is 1. The Labute approximate surface area is 326 Å². The summed E-state index contributed by atoms with van der Waals surface area (Å²) in [4.78, 5) is 45.6. The van der Waals surface area contributed by atoms with Crippen molar-refractivity contribution in [1.29, 1.82) is 0 Å². The molecule has 0 saturated carbocycles. The third-order valence-corrected chi connectivity index (χ3v) is 12.8. The van der Waals surface area contributed by atoms with Crippen LogP contribution in [0.5, 0.6) is 0 Å². The number of carbonyl (C=O) groups is 2. The molecule has 0 aliphatic carbocycles. The Hall–Kier alpha value is -5.96. The summed E-state index contributed by atoms with van der Waals surface area (Å²) in [5, 5.41) is 14.6. The Bertz CT molecular complexity index is 2360. The zero-order valence-electron chi connectivity index (χ0n) is 31.2. The number of amides is 2. The highest BCUT2D eigenvalue weighted by Crippen LogP contribution is 2.33. The van der Waals surface area contributed by atoms with Crippen molar-refractivity contribution in [3.8, 4) is 22.3 Å². The Morgan fingerprint density at radius 1 is 0.821 bits per heavy atom. The van der Waals surface area contributed by atoms with Crippen molar-refractivity contribution in [3.63, 3.8) is 0 Å². The molecule has 3 N–H and O–H groups in total. The van der Waals surface area contributed by atoms with Gasteiger partial charge in [-0.05, 0) is 66.8 Å². The van der Waals surface area contributed by atoms with E-state index in [1.807, 2.05) is 78.9 Å². The van der Waals surface area contributed by atoms with Gasteiger partial charge in [-0.2, -0.15) is 4.31 Å². The summed E-state index contributed by atoms with van der Waals surface area (Å²) in [7, 11) is -4.05. The largest absolute Gasteiger partial charge is 0.383 e. The number of sulfonamides is 1. The lowest BCUT2D eigenvalue weighted by Gasteiger charge is -2.44. The SMILES string of the molecule is CC(C)(c1ccc(-c2cnc(N)c(C(=O)NC3CCN(C(=O)c4ccc(-c5ccccc5)cc4)C3)c2)cc1)N1CCN(S(=O)(=O)c2ccccc2[N+](=O)[O-])CC1. The Morgan fingerprint density at radius 2 is 1.43 bits per heavy atom. The number of nitrogens with zero attached hydrogens (tertiary/aromatic N) is 5. The van der Waals surface area contributed by atoms with Crippen LogP contribution in [-0.4, -0.2) is 89.6 Å². The number of nitrogens with one attached hydrogen (secondary N) is 1. The second-order valence-electron chi connectivity index (χ2n) is 14.6. The molecule has 1 aromatic heterocycles. The number of nitrogen functional groups attached to an aromatic ring is 1. The molecule has 2 aliphatic heterocycles. The molecule has 13 nitrogen and oxygen atoms in total. The van der Waals surface area contributed by atoms with Crippen LogP contribution >= 0.6 is 0 Å². The molecular weight excluding hydrogens is 731 g/mol. The molecule has 0 radical (unpaired) electrons. The minimum Gasteiger partial charge on any atom is -0.383 e. The first kappa shape index (κ1) is 38.3. The van der Waals surface area contributed by atoms with E-state index >= 15 is 0 Å². The molecule has 4 aromatic carbocycles. The number of nitro benzene ring substituents is 1. The molecule has 2 amide bonds. The highest BCUT2D eigenvalue weighted by molar-refractivity contribution is 7.89. The number of piperazine rings is 1. The van der Waals surface area contributed by atoms with E-state index in [9.17, 15) is 28.1 Å². The molecule has 0 bridgehead atoms. The average molecular weight is 774 g/mol. The first-order valence-corrected chi connectivity index (χ1v) is 19.9. The minimum absolute atomic E-state index is 0.0808. The maximum Gasteiger partial charge on any atom is 0.289 e. The van der Waals surface area contributed by atoms with Gasteiger partial charge in [0, 0.05) is 74.2 Å². The highest BCUT2D eigenvalue weighted by atomic mass is 32.2. The lowest BCUT2D eigenvalue weighted by Crippen LogP contribution is -2.54. The van der Waals surface area contributed by atoms with Crippen molar-refractivity contribution >= 4 is 33.3 Å². The molecule has 56 heavy (non-hydrogen) atoms. The van der Waals surface area contributed by atoms with Crippen molar-refractivity contribution in [2.24, 2.45) is 0 Å². The number of nitrogens with two attached hydrogens (primary N) is 1. The van der Waals surface area contributed by atoms with E-state index in [1.165, 1.54) is 28.6 Å². The zero-order chi connectivity index (χ0) is 39.6. The van der Waals surface area contributed by atoms with Crippen LogP contribution in [0, 0.1) is 10.1 Å². The van der Waals surface area contributed by atoms with Crippen LogP contribution in [0.15, 0.2) is 120 Å². The van der Waals surface area contributed by atoms with Crippen LogP contribution in [0.25, 0.3) is 22.3 Å². The van der Waals surface area contributed by atoms with Crippen molar-refractivity contribution < 1.29 is 22.9 Å². The molecule has 2 saturated heterocycles. The predicted octanol–water partition coefficient (Wildman–Crippen LogP) is 5.79. The van der Waals surface area contributed by atoms with Gasteiger partial charge in [0.1, 0.15) is 5.82 Å². The van der Waals surface area contributed by atoms with Gasteiger partial charge in [0.05, 0.1) is 10.5 Å². The number of nitro groups is 1. The van der Waals surface area contributed by atoms with Gasteiger partial charge in [-0.25, -0.2) is 13.4 Å². The van der Waals surface area contributed by atoms with Crippen LogP contribution in [0.4, 0.5) is 11.5 Å². The van der Waals surface area contributed by atoms with E-state index in [1.54, 1.807) is 17.2 Å². The fraction of sp³-hybridized carbons (Fsp3) is 0.262. The quantitative estimate of drug-likeness (QED) is 0.132. The average Bonchev–Trinajstić information content (AvgIpc) is 3.69. The molecule has 2 aliphatic rings. The van der Waals surface area contributed by atoms with Crippen LogP contribution in [0.1, 0.15) is 46.5 Å². The second-order valence-corrected chi connectivity index (χ2v) is 16.5. The fourth-order valence-corrected chi connectivity index (χ4v) is 9.04. The number of para-hydroxylation sites is 1. The van der Waals surface area contributed by atoms with Gasteiger partial charge >= 0.3 is 0 Å². The van der Waals surface area contributed by atoms with Gasteiger partial charge in [0.25, 0.3) is 17.5 Å². The molecule has 7 rings (SSSR count). The number of anilines is 1. The summed E-state index contributed by atoms with van der Waals surface area (Å²) in [5.41, 5.74) is 10.8. The maximum absolute atomic E-state index is 13.5. The Morgan fingerprint density at radius 3 is 2.11 bits per heavy atom. The first-order valence-electron chi connectivity index (χ1n) is 18.4. The van der Waals surface area contributed by atoms with Crippen molar-refractivity contribution in [3.05, 3.63) is 142 Å². The number of carbonyl (C=O) groups excluding carboxylic acids is 2. The molecule has 1 atom stereocenters. The normalized spacial score (nSPS) is 16.8. The first-order chi connectivity index (χ1) is 26.8. The molecular formula is C42H43N7O6S. The number of benzene rings is 4. The van der Waals surface area contributed by atoms with Crippen LogP contribution in [-0.2, 0) is 15.6 Å².